The lowest BCUT2D eigenvalue weighted by molar-refractivity contribution is 0.0544. The number of hydrogen-bond acceptors (Lipinski definition) is 7. The van der Waals surface area contributed by atoms with E-state index in [-0.39, 0.29) is 11.2 Å². The number of fused-ring (bicyclic) bond motifs is 3. The number of Topliss-reactive ketones (excluding diaryl/α,β-unsaturated/α-hetero) is 1. The Morgan fingerprint density at radius 3 is 2.58 bits per heavy atom. The summed E-state index contributed by atoms with van der Waals surface area (Å²) < 4.78 is 22.4. The van der Waals surface area contributed by atoms with Gasteiger partial charge in [0.2, 0.25) is 0 Å². The maximum absolute atomic E-state index is 13.9. The molecule has 0 amide bonds. The van der Waals surface area contributed by atoms with Gasteiger partial charge in [-0.25, -0.2) is 0 Å². The second kappa shape index (κ2) is 10.1. The molecule has 1 heterocycles. The molecule has 7 heteroatoms. The maximum Gasteiger partial charge on any atom is 0.194 e. The maximum atomic E-state index is 13.9. The monoisotopic (exact) mass is 488 g/mol. The zero-order valence-corrected chi connectivity index (χ0v) is 21.2. The molecule has 0 saturated carbocycles. The molecule has 0 radical (unpaired) electrons. The van der Waals surface area contributed by atoms with Gasteiger partial charge in [-0.15, -0.1) is 0 Å². The number of morpholine rings is 1. The lowest BCUT2D eigenvalue weighted by Crippen LogP contribution is -2.37. The molecular weight excluding hydrogens is 456 g/mol. The average molecular weight is 489 g/mol. The van der Waals surface area contributed by atoms with Gasteiger partial charge in [-0.2, -0.15) is 5.26 Å². The Balaban J connectivity index is 1.52. The summed E-state index contributed by atoms with van der Waals surface area (Å²) in [5.41, 5.74) is 6.86. The number of hydrogen-bond donors (Lipinski definition) is 0. The molecule has 1 saturated heterocycles. The highest BCUT2D eigenvalue weighted by Gasteiger charge is 2.43. The van der Waals surface area contributed by atoms with E-state index in [2.05, 4.69) is 30.9 Å². The number of benzene rings is 2. The molecular formula is C29H32N2O5. The molecule has 188 valence electrons. The van der Waals surface area contributed by atoms with Gasteiger partial charge in [0, 0.05) is 36.8 Å². The largest absolute Gasteiger partial charge is 0.489 e. The topological polar surface area (TPSA) is 81.0 Å². The molecule has 2 aliphatic carbocycles. The number of ether oxygens (including phenoxy) is 4. The molecule has 0 atom stereocenters. The lowest BCUT2D eigenvalue weighted by Gasteiger charge is -2.37. The van der Waals surface area contributed by atoms with Crippen LogP contribution in [0.15, 0.2) is 35.9 Å². The molecule has 1 aliphatic heterocycles. The van der Waals surface area contributed by atoms with Crippen LogP contribution in [-0.2, 0) is 26.0 Å². The minimum atomic E-state index is -0.340. The van der Waals surface area contributed by atoms with Crippen molar-refractivity contribution in [2.75, 3.05) is 64.7 Å². The summed E-state index contributed by atoms with van der Waals surface area (Å²) in [5, 5.41) is 9.37. The zero-order valence-electron chi connectivity index (χ0n) is 21.2. The summed E-state index contributed by atoms with van der Waals surface area (Å²) in [4.78, 5) is 16.2. The van der Waals surface area contributed by atoms with Gasteiger partial charge < -0.3 is 23.8 Å². The summed E-state index contributed by atoms with van der Waals surface area (Å²) in [5.74, 6) is 0.717. The van der Waals surface area contributed by atoms with E-state index in [9.17, 15) is 10.1 Å². The third kappa shape index (κ3) is 4.30. The van der Waals surface area contributed by atoms with Gasteiger partial charge >= 0.3 is 0 Å². The van der Waals surface area contributed by atoms with Gasteiger partial charge in [0.25, 0.3) is 0 Å². The van der Waals surface area contributed by atoms with Gasteiger partial charge in [0.15, 0.2) is 5.78 Å². The van der Waals surface area contributed by atoms with Gasteiger partial charge in [-0.1, -0.05) is 19.9 Å². The first-order valence-electron chi connectivity index (χ1n) is 12.5. The van der Waals surface area contributed by atoms with Crippen LogP contribution in [0.2, 0.25) is 0 Å². The Bertz CT molecular complexity index is 1250. The van der Waals surface area contributed by atoms with E-state index in [0.29, 0.717) is 62.9 Å². The first kappa shape index (κ1) is 24.5. The van der Waals surface area contributed by atoms with Crippen LogP contribution in [0.5, 0.6) is 5.75 Å². The van der Waals surface area contributed by atoms with Crippen molar-refractivity contribution in [2.24, 2.45) is 0 Å². The van der Waals surface area contributed by atoms with E-state index in [0.717, 1.165) is 46.6 Å². The standard InChI is InChI=1S/C29H32N2O5/c1-29(2)23-17-25(31-6-8-34-9-7-31)26(36-13-12-35-11-10-33-3)16-22(23)28(32)27-21-5-4-19(18-30)14-20(21)15-24(27)29/h4-5,14,16-17H,6-13,15H2,1-3H3. The van der Waals surface area contributed by atoms with Gasteiger partial charge in [0.1, 0.15) is 12.4 Å². The molecule has 1 fully saturated rings. The number of nitriles is 1. The zero-order chi connectivity index (χ0) is 25.3. The smallest absolute Gasteiger partial charge is 0.194 e. The third-order valence-corrected chi connectivity index (χ3v) is 7.44. The molecule has 2 aromatic rings. The molecule has 5 rings (SSSR count). The summed E-state index contributed by atoms with van der Waals surface area (Å²) in [7, 11) is 1.64. The minimum absolute atomic E-state index is 0.0255. The van der Waals surface area contributed by atoms with Crippen molar-refractivity contribution in [3.8, 4) is 11.8 Å². The molecule has 2 aromatic carbocycles. The average Bonchev–Trinajstić information content (AvgIpc) is 3.29. The fourth-order valence-corrected chi connectivity index (χ4v) is 5.48. The van der Waals surface area contributed by atoms with E-state index >= 15 is 0 Å². The van der Waals surface area contributed by atoms with Crippen molar-refractivity contribution in [3.05, 3.63) is 63.7 Å². The van der Waals surface area contributed by atoms with Crippen LogP contribution in [0.3, 0.4) is 0 Å². The predicted octanol–water partition coefficient (Wildman–Crippen LogP) is 3.92. The number of carbonyl (C=O) groups is 1. The highest BCUT2D eigenvalue weighted by molar-refractivity contribution is 6.33. The van der Waals surface area contributed by atoms with Crippen LogP contribution in [-0.4, -0.2) is 65.6 Å². The number of ketones is 1. The van der Waals surface area contributed by atoms with E-state index in [1.165, 1.54) is 0 Å². The van der Waals surface area contributed by atoms with Crippen LogP contribution in [0.25, 0.3) is 5.57 Å². The van der Waals surface area contributed by atoms with Crippen molar-refractivity contribution in [1.82, 2.24) is 0 Å². The van der Waals surface area contributed by atoms with Gasteiger partial charge in [-0.3, -0.25) is 4.79 Å². The van der Waals surface area contributed by atoms with Crippen molar-refractivity contribution >= 4 is 17.0 Å². The number of anilines is 1. The van der Waals surface area contributed by atoms with E-state index < -0.39 is 0 Å². The molecule has 0 aromatic heterocycles. The SMILES string of the molecule is COCCOCCOc1cc2c(cc1N1CCOCC1)C(C)(C)C1=C(C2=O)c2ccc(C#N)cc2C1. The first-order valence-corrected chi connectivity index (χ1v) is 12.5. The highest BCUT2D eigenvalue weighted by atomic mass is 16.5. The van der Waals surface area contributed by atoms with Crippen LogP contribution in [0, 0.1) is 11.3 Å². The Morgan fingerprint density at radius 2 is 1.83 bits per heavy atom. The van der Waals surface area contributed by atoms with Crippen molar-refractivity contribution in [2.45, 2.75) is 25.7 Å². The summed E-state index contributed by atoms with van der Waals surface area (Å²) >= 11 is 0. The third-order valence-electron chi connectivity index (χ3n) is 7.44. The molecule has 7 nitrogen and oxygen atoms in total. The molecule has 0 bridgehead atoms. The normalized spacial score (nSPS) is 17.9. The lowest BCUT2D eigenvalue weighted by atomic mass is 9.68. The number of nitrogens with zero attached hydrogens (tertiary/aromatic N) is 2. The second-order valence-corrected chi connectivity index (χ2v) is 9.89. The van der Waals surface area contributed by atoms with Crippen molar-refractivity contribution in [1.29, 1.82) is 5.26 Å². The fraction of sp³-hybridized carbons (Fsp3) is 0.448. The Morgan fingerprint density at radius 1 is 1.06 bits per heavy atom. The second-order valence-electron chi connectivity index (χ2n) is 9.89. The van der Waals surface area contributed by atoms with E-state index in [1.54, 1.807) is 13.2 Å². The molecule has 3 aliphatic rings. The van der Waals surface area contributed by atoms with Crippen LogP contribution in [0.1, 0.15) is 46.5 Å². The molecule has 36 heavy (non-hydrogen) atoms. The first-order chi connectivity index (χ1) is 17.5. The summed E-state index contributed by atoms with van der Waals surface area (Å²) in [6.45, 7) is 9.10. The fourth-order valence-electron chi connectivity index (χ4n) is 5.48. The number of methoxy groups -OCH3 is 1. The number of carbonyl (C=O) groups excluding carboxylic acids is 1. The molecule has 0 unspecified atom stereocenters. The Hall–Kier alpha value is -3.18. The predicted molar refractivity (Wildman–Crippen MR) is 137 cm³/mol. The van der Waals surface area contributed by atoms with Gasteiger partial charge in [-0.05, 0) is 52.9 Å². The van der Waals surface area contributed by atoms with E-state index in [4.69, 9.17) is 18.9 Å². The van der Waals surface area contributed by atoms with Crippen LogP contribution >= 0.6 is 0 Å². The van der Waals surface area contributed by atoms with Crippen molar-refractivity contribution < 1.29 is 23.7 Å². The molecule has 0 spiro atoms. The minimum Gasteiger partial charge on any atom is -0.489 e. The Kier molecular flexibility index (Phi) is 6.85. The summed E-state index contributed by atoms with van der Waals surface area (Å²) in [6, 6.07) is 11.9. The van der Waals surface area contributed by atoms with Gasteiger partial charge in [0.05, 0.1) is 50.4 Å². The van der Waals surface area contributed by atoms with E-state index in [1.807, 2.05) is 18.2 Å². The molecule has 0 N–H and O–H groups in total. The highest BCUT2D eigenvalue weighted by Crippen LogP contribution is 2.51. The quantitative estimate of drug-likeness (QED) is 0.521. The number of allylic oxidation sites excluding steroid dienone is 2. The number of rotatable bonds is 8. The summed E-state index contributed by atoms with van der Waals surface area (Å²) in [6.07, 6.45) is 0.683. The van der Waals surface area contributed by atoms with Crippen LogP contribution in [0.4, 0.5) is 5.69 Å². The van der Waals surface area contributed by atoms with Crippen LogP contribution < -0.4 is 9.64 Å². The Labute approximate surface area is 212 Å². The van der Waals surface area contributed by atoms with Crippen molar-refractivity contribution in [3.63, 3.8) is 0 Å².